The Morgan fingerprint density at radius 2 is 1.32 bits per heavy atom. The van der Waals surface area contributed by atoms with E-state index >= 15 is 0 Å². The lowest BCUT2D eigenvalue weighted by atomic mass is 9.49. The first-order valence-electron chi connectivity index (χ1n) is 6.95. The Labute approximate surface area is 121 Å². The maximum atomic E-state index is 13.5. The van der Waals surface area contributed by atoms with Crippen molar-refractivity contribution in [3.8, 4) is 0 Å². The summed E-state index contributed by atoms with van der Waals surface area (Å²) < 4.78 is 13.5. The Kier molecular flexibility index (Phi) is 2.63. The highest BCUT2D eigenvalue weighted by atomic mass is 35.5. The molecule has 1 heterocycles. The predicted molar refractivity (Wildman–Crippen MR) is 71.9 cm³/mol. The van der Waals surface area contributed by atoms with E-state index in [0.717, 1.165) is 37.0 Å². The fraction of sp³-hybridized carbons (Fsp3) is 0.714. The summed E-state index contributed by atoms with van der Waals surface area (Å²) in [5.41, 5.74) is 0.00965. The molecule has 4 bridgehead atoms. The second kappa shape index (κ2) is 4.05. The molecule has 0 radical (unpaired) electrons. The zero-order chi connectivity index (χ0) is 13.2. The highest BCUT2D eigenvalue weighted by molar-refractivity contribution is 6.33. The molecule has 4 aliphatic carbocycles. The molecule has 19 heavy (non-hydrogen) atoms. The van der Waals surface area contributed by atoms with Crippen molar-refractivity contribution < 1.29 is 4.39 Å². The van der Waals surface area contributed by atoms with E-state index in [4.69, 9.17) is 23.2 Å². The van der Waals surface area contributed by atoms with Gasteiger partial charge in [0.15, 0.2) is 16.1 Å². The van der Waals surface area contributed by atoms with E-state index in [9.17, 15) is 4.39 Å². The number of aromatic nitrogens is 2. The summed E-state index contributed by atoms with van der Waals surface area (Å²) in [6, 6.07) is 0. The van der Waals surface area contributed by atoms with Gasteiger partial charge in [-0.1, -0.05) is 23.2 Å². The van der Waals surface area contributed by atoms with Crippen molar-refractivity contribution in [2.45, 2.75) is 43.9 Å². The standard InChI is InChI=1S/C14H15Cl2FN2/c15-11-10(17)12(16)19-13(18-11)14-4-7-1-8(5-14)3-9(2-7)6-14/h7-9H,1-6H2. The number of rotatable bonds is 1. The van der Waals surface area contributed by atoms with Crippen LogP contribution in [-0.2, 0) is 5.41 Å². The fourth-order valence-electron chi connectivity index (χ4n) is 5.02. The highest BCUT2D eigenvalue weighted by Gasteiger charge is 2.53. The van der Waals surface area contributed by atoms with Gasteiger partial charge in [-0.15, -0.1) is 0 Å². The molecule has 4 saturated carbocycles. The van der Waals surface area contributed by atoms with Gasteiger partial charge < -0.3 is 0 Å². The van der Waals surface area contributed by atoms with Gasteiger partial charge in [0, 0.05) is 5.41 Å². The number of nitrogens with zero attached hydrogens (tertiary/aromatic N) is 2. The topological polar surface area (TPSA) is 25.8 Å². The Bertz CT molecular complexity index is 488. The summed E-state index contributed by atoms with van der Waals surface area (Å²) in [6.45, 7) is 0. The minimum Gasteiger partial charge on any atom is -0.217 e. The van der Waals surface area contributed by atoms with Gasteiger partial charge in [0.1, 0.15) is 5.82 Å². The third kappa shape index (κ3) is 1.81. The van der Waals surface area contributed by atoms with Gasteiger partial charge >= 0.3 is 0 Å². The maximum absolute atomic E-state index is 13.5. The van der Waals surface area contributed by atoms with E-state index in [1.807, 2.05) is 0 Å². The lowest BCUT2D eigenvalue weighted by molar-refractivity contribution is -0.00946. The second-order valence-corrected chi connectivity index (χ2v) is 7.36. The molecule has 0 aliphatic heterocycles. The van der Waals surface area contributed by atoms with E-state index in [-0.39, 0.29) is 15.7 Å². The molecule has 0 atom stereocenters. The highest BCUT2D eigenvalue weighted by Crippen LogP contribution is 2.60. The minimum atomic E-state index is -0.697. The normalized spacial score (nSPS) is 39.8. The third-order valence-corrected chi connectivity index (χ3v) is 5.78. The summed E-state index contributed by atoms with van der Waals surface area (Å²) >= 11 is 11.7. The number of hydrogen-bond acceptors (Lipinski definition) is 2. The van der Waals surface area contributed by atoms with Crippen LogP contribution in [0.25, 0.3) is 0 Å². The maximum Gasteiger partial charge on any atom is 0.197 e. The van der Waals surface area contributed by atoms with Crippen molar-refractivity contribution in [2.24, 2.45) is 17.8 Å². The molecule has 0 spiro atoms. The number of halogens is 3. The molecular formula is C14H15Cl2FN2. The second-order valence-electron chi connectivity index (χ2n) is 6.64. The largest absolute Gasteiger partial charge is 0.217 e. The molecule has 2 nitrogen and oxygen atoms in total. The minimum absolute atomic E-state index is 0.00965. The van der Waals surface area contributed by atoms with Crippen molar-refractivity contribution in [2.75, 3.05) is 0 Å². The van der Waals surface area contributed by atoms with Crippen molar-refractivity contribution >= 4 is 23.2 Å². The monoisotopic (exact) mass is 300 g/mol. The molecule has 4 aliphatic rings. The van der Waals surface area contributed by atoms with Crippen molar-refractivity contribution in [3.63, 3.8) is 0 Å². The van der Waals surface area contributed by atoms with E-state index in [2.05, 4.69) is 9.97 Å². The Morgan fingerprint density at radius 3 is 1.74 bits per heavy atom. The fourth-order valence-corrected chi connectivity index (χ4v) is 5.40. The summed E-state index contributed by atoms with van der Waals surface area (Å²) in [5.74, 6) is 2.35. The van der Waals surface area contributed by atoms with Gasteiger partial charge in [-0.05, 0) is 56.3 Å². The van der Waals surface area contributed by atoms with Gasteiger partial charge in [-0.25, -0.2) is 14.4 Å². The average molecular weight is 301 g/mol. The Morgan fingerprint density at radius 1 is 0.895 bits per heavy atom. The van der Waals surface area contributed by atoms with Crippen molar-refractivity contribution in [1.82, 2.24) is 9.97 Å². The van der Waals surface area contributed by atoms with Crippen LogP contribution in [0.3, 0.4) is 0 Å². The van der Waals surface area contributed by atoms with E-state index in [0.29, 0.717) is 5.82 Å². The van der Waals surface area contributed by atoms with Crippen molar-refractivity contribution in [3.05, 3.63) is 21.9 Å². The van der Waals surface area contributed by atoms with Gasteiger partial charge in [0.05, 0.1) is 0 Å². The Hall–Kier alpha value is -0.410. The summed E-state index contributed by atoms with van der Waals surface area (Å²) in [6.07, 6.45) is 7.41. The summed E-state index contributed by atoms with van der Waals surface area (Å²) in [5, 5.41) is -0.267. The molecule has 102 valence electrons. The molecule has 0 saturated heterocycles. The van der Waals surface area contributed by atoms with Gasteiger partial charge in [0.2, 0.25) is 0 Å². The van der Waals surface area contributed by atoms with Crippen LogP contribution in [0, 0.1) is 23.6 Å². The van der Waals surface area contributed by atoms with Crippen LogP contribution in [0.15, 0.2) is 0 Å². The first kappa shape index (κ1) is 12.3. The molecule has 4 fully saturated rings. The molecule has 5 heteroatoms. The van der Waals surface area contributed by atoms with Crippen LogP contribution in [-0.4, -0.2) is 9.97 Å². The first-order chi connectivity index (χ1) is 9.06. The van der Waals surface area contributed by atoms with Gasteiger partial charge in [0.25, 0.3) is 0 Å². The number of hydrogen-bond donors (Lipinski definition) is 0. The molecule has 1 aromatic rings. The van der Waals surface area contributed by atoms with Crippen LogP contribution in [0.2, 0.25) is 10.3 Å². The van der Waals surface area contributed by atoms with Crippen LogP contribution in [0.4, 0.5) is 4.39 Å². The van der Waals surface area contributed by atoms with Crippen molar-refractivity contribution in [1.29, 1.82) is 0 Å². The SMILES string of the molecule is Fc1c(Cl)nc(C23CC4CC(CC(C4)C2)C3)nc1Cl. The third-order valence-electron chi connectivity index (χ3n) is 5.28. The van der Waals surface area contributed by atoms with E-state index in [1.54, 1.807) is 0 Å². The quantitative estimate of drug-likeness (QED) is 0.719. The predicted octanol–water partition coefficient (Wildman–Crippen LogP) is 4.39. The zero-order valence-electron chi connectivity index (χ0n) is 10.5. The molecule has 0 N–H and O–H groups in total. The lowest BCUT2D eigenvalue weighted by Crippen LogP contribution is -2.49. The van der Waals surface area contributed by atoms with Crippen LogP contribution in [0.1, 0.15) is 44.3 Å². The first-order valence-corrected chi connectivity index (χ1v) is 7.70. The molecule has 5 rings (SSSR count). The van der Waals surface area contributed by atoms with Crippen LogP contribution < -0.4 is 0 Å². The molecule has 0 unspecified atom stereocenters. The molecule has 0 aromatic carbocycles. The molecule has 0 amide bonds. The zero-order valence-corrected chi connectivity index (χ0v) is 12.0. The van der Waals surface area contributed by atoms with E-state index in [1.165, 1.54) is 19.3 Å². The summed E-state index contributed by atoms with van der Waals surface area (Å²) in [4.78, 5) is 8.44. The van der Waals surface area contributed by atoms with Crippen LogP contribution in [0.5, 0.6) is 0 Å². The molecule has 1 aromatic heterocycles. The van der Waals surface area contributed by atoms with Gasteiger partial charge in [-0.3, -0.25) is 0 Å². The van der Waals surface area contributed by atoms with Gasteiger partial charge in [-0.2, -0.15) is 0 Å². The summed E-state index contributed by atoms with van der Waals surface area (Å²) in [7, 11) is 0. The average Bonchev–Trinajstić information content (AvgIpc) is 2.33. The smallest absolute Gasteiger partial charge is 0.197 e. The molecular weight excluding hydrogens is 286 g/mol. The Balaban J connectivity index is 1.79. The van der Waals surface area contributed by atoms with Crippen LogP contribution >= 0.6 is 23.2 Å². The lowest BCUT2D eigenvalue weighted by Gasteiger charge is -2.55. The van der Waals surface area contributed by atoms with E-state index < -0.39 is 5.82 Å².